The Bertz CT molecular complexity index is 604. The van der Waals surface area contributed by atoms with Crippen molar-refractivity contribution in [3.05, 3.63) is 54.1 Å². The molecular formula is C18H22N2O2. The van der Waals surface area contributed by atoms with E-state index in [0.29, 0.717) is 5.56 Å². The van der Waals surface area contributed by atoms with E-state index in [2.05, 4.69) is 12.1 Å². The zero-order valence-electron chi connectivity index (χ0n) is 12.8. The third-order valence-electron chi connectivity index (χ3n) is 3.49. The van der Waals surface area contributed by atoms with Crippen molar-refractivity contribution in [1.82, 2.24) is 0 Å². The Balaban J connectivity index is 2.01. The van der Waals surface area contributed by atoms with Gasteiger partial charge in [-0.2, -0.15) is 0 Å². The van der Waals surface area contributed by atoms with Crippen molar-refractivity contribution >= 4 is 5.84 Å². The molecule has 0 aliphatic rings. The molecule has 3 N–H and O–H groups in total. The average Bonchev–Trinajstić information content (AvgIpc) is 2.59. The number of oxime groups is 1. The maximum absolute atomic E-state index is 8.66. The topological polar surface area (TPSA) is 67.8 Å². The Morgan fingerprint density at radius 1 is 1.00 bits per heavy atom. The van der Waals surface area contributed by atoms with Crippen molar-refractivity contribution in [3.63, 3.8) is 0 Å². The molecule has 0 unspecified atom stereocenters. The van der Waals surface area contributed by atoms with Crippen LogP contribution < -0.4 is 10.5 Å². The summed E-state index contributed by atoms with van der Waals surface area (Å²) in [7, 11) is 0. The van der Waals surface area contributed by atoms with Gasteiger partial charge in [0.15, 0.2) is 5.84 Å². The first-order valence-corrected chi connectivity index (χ1v) is 7.55. The first-order valence-electron chi connectivity index (χ1n) is 7.55. The second-order valence-corrected chi connectivity index (χ2v) is 5.14. The third-order valence-corrected chi connectivity index (χ3v) is 3.49. The molecule has 0 spiro atoms. The minimum Gasteiger partial charge on any atom is -0.494 e. The Kier molecular flexibility index (Phi) is 5.83. The molecule has 116 valence electrons. The van der Waals surface area contributed by atoms with Crippen LogP contribution in [0.5, 0.6) is 5.75 Å². The highest BCUT2D eigenvalue weighted by molar-refractivity contribution is 5.97. The summed E-state index contributed by atoms with van der Waals surface area (Å²) in [4.78, 5) is 0. The monoisotopic (exact) mass is 298 g/mol. The van der Waals surface area contributed by atoms with Crippen molar-refractivity contribution < 1.29 is 9.94 Å². The molecule has 0 aliphatic heterocycles. The van der Waals surface area contributed by atoms with Crippen LogP contribution >= 0.6 is 0 Å². The summed E-state index contributed by atoms with van der Waals surface area (Å²) in [6.45, 7) is 2.95. The second-order valence-electron chi connectivity index (χ2n) is 5.14. The molecule has 4 nitrogen and oxygen atoms in total. The number of benzene rings is 2. The number of hydrogen-bond acceptors (Lipinski definition) is 3. The molecule has 0 amide bonds. The lowest BCUT2D eigenvalue weighted by atomic mass is 10.0. The van der Waals surface area contributed by atoms with Gasteiger partial charge in [0.1, 0.15) is 5.75 Å². The van der Waals surface area contributed by atoms with Crippen LogP contribution in [0.4, 0.5) is 0 Å². The fourth-order valence-corrected chi connectivity index (χ4v) is 2.18. The second kappa shape index (κ2) is 8.08. The number of nitrogens with zero attached hydrogens (tertiary/aromatic N) is 1. The minimum absolute atomic E-state index is 0.113. The highest BCUT2D eigenvalue weighted by Crippen LogP contribution is 2.23. The van der Waals surface area contributed by atoms with Crippen molar-refractivity contribution in [2.45, 2.75) is 26.2 Å². The molecule has 0 fully saturated rings. The zero-order valence-corrected chi connectivity index (χ0v) is 12.8. The van der Waals surface area contributed by atoms with Gasteiger partial charge in [0.05, 0.1) is 6.61 Å². The van der Waals surface area contributed by atoms with Crippen molar-refractivity contribution in [2.75, 3.05) is 6.61 Å². The molecule has 0 radical (unpaired) electrons. The molecule has 22 heavy (non-hydrogen) atoms. The Labute approximate surface area is 131 Å². The summed E-state index contributed by atoms with van der Waals surface area (Å²) in [5.74, 6) is 1.01. The summed E-state index contributed by atoms with van der Waals surface area (Å²) in [6.07, 6.45) is 3.49. The minimum atomic E-state index is 0.113. The molecule has 0 heterocycles. The molecule has 4 heteroatoms. The number of unbranched alkanes of at least 4 members (excludes halogenated alkanes) is 2. The molecule has 2 rings (SSSR count). The van der Waals surface area contributed by atoms with Crippen molar-refractivity contribution in [1.29, 1.82) is 0 Å². The molecular weight excluding hydrogens is 276 g/mol. The molecule has 0 bridgehead atoms. The number of rotatable bonds is 7. The molecule has 0 atom stereocenters. The number of hydrogen-bond donors (Lipinski definition) is 2. The summed E-state index contributed by atoms with van der Waals surface area (Å²) in [5, 5.41) is 11.7. The molecule has 0 aliphatic carbocycles. The van der Waals surface area contributed by atoms with Gasteiger partial charge in [0.2, 0.25) is 0 Å². The molecule has 2 aromatic rings. The summed E-state index contributed by atoms with van der Waals surface area (Å²) < 4.78 is 5.70. The van der Waals surface area contributed by atoms with E-state index in [4.69, 9.17) is 15.7 Å². The summed E-state index contributed by atoms with van der Waals surface area (Å²) in [5.41, 5.74) is 8.43. The van der Waals surface area contributed by atoms with Crippen LogP contribution in [0, 0.1) is 0 Å². The Morgan fingerprint density at radius 2 is 1.59 bits per heavy atom. The van der Waals surface area contributed by atoms with Gasteiger partial charge in [-0.05, 0) is 29.7 Å². The lowest BCUT2D eigenvalue weighted by Gasteiger charge is -2.07. The predicted octanol–water partition coefficient (Wildman–Crippen LogP) is 4.02. The standard InChI is InChI=1S/C18H22N2O2/c1-2-3-4-13-22-17-11-9-15(10-12-17)14-5-7-16(8-6-14)18(19)20-21/h5-12,21H,2-4,13H2,1H3,(H2,19,20). The van der Waals surface area contributed by atoms with Crippen LogP contribution in [0.25, 0.3) is 11.1 Å². The zero-order chi connectivity index (χ0) is 15.8. The smallest absolute Gasteiger partial charge is 0.170 e. The summed E-state index contributed by atoms with van der Waals surface area (Å²) >= 11 is 0. The Morgan fingerprint density at radius 3 is 2.14 bits per heavy atom. The quantitative estimate of drug-likeness (QED) is 0.267. The first-order chi connectivity index (χ1) is 10.7. The predicted molar refractivity (Wildman–Crippen MR) is 89.4 cm³/mol. The molecule has 0 saturated heterocycles. The number of nitrogens with two attached hydrogens (primary N) is 1. The van der Waals surface area contributed by atoms with E-state index < -0.39 is 0 Å². The van der Waals surface area contributed by atoms with E-state index in [1.807, 2.05) is 48.5 Å². The fraction of sp³-hybridized carbons (Fsp3) is 0.278. The van der Waals surface area contributed by atoms with Gasteiger partial charge >= 0.3 is 0 Å². The SMILES string of the molecule is CCCCCOc1ccc(-c2ccc(C(N)=NO)cc2)cc1. The fourth-order valence-electron chi connectivity index (χ4n) is 2.18. The van der Waals surface area contributed by atoms with Crippen LogP contribution in [0.15, 0.2) is 53.7 Å². The lowest BCUT2D eigenvalue weighted by molar-refractivity contribution is 0.306. The molecule has 0 saturated carbocycles. The summed E-state index contributed by atoms with van der Waals surface area (Å²) in [6, 6.07) is 15.6. The number of amidine groups is 1. The van der Waals surface area contributed by atoms with E-state index in [1.54, 1.807) is 0 Å². The van der Waals surface area contributed by atoms with Crippen LogP contribution in [0.3, 0.4) is 0 Å². The van der Waals surface area contributed by atoms with Gasteiger partial charge in [-0.15, -0.1) is 0 Å². The van der Waals surface area contributed by atoms with E-state index in [0.717, 1.165) is 29.9 Å². The Hall–Kier alpha value is -2.49. The van der Waals surface area contributed by atoms with Crippen LogP contribution in [0.2, 0.25) is 0 Å². The molecule has 0 aromatic heterocycles. The maximum Gasteiger partial charge on any atom is 0.170 e. The highest BCUT2D eigenvalue weighted by Gasteiger charge is 2.02. The average molecular weight is 298 g/mol. The van der Waals surface area contributed by atoms with Crippen molar-refractivity contribution in [2.24, 2.45) is 10.9 Å². The molecule has 2 aromatic carbocycles. The van der Waals surface area contributed by atoms with Gasteiger partial charge < -0.3 is 15.7 Å². The largest absolute Gasteiger partial charge is 0.494 e. The van der Waals surface area contributed by atoms with Gasteiger partial charge in [0.25, 0.3) is 0 Å². The maximum atomic E-state index is 8.66. The van der Waals surface area contributed by atoms with E-state index >= 15 is 0 Å². The van der Waals surface area contributed by atoms with E-state index in [-0.39, 0.29) is 5.84 Å². The van der Waals surface area contributed by atoms with Gasteiger partial charge in [-0.3, -0.25) is 0 Å². The van der Waals surface area contributed by atoms with E-state index in [9.17, 15) is 0 Å². The van der Waals surface area contributed by atoms with Crippen molar-refractivity contribution in [3.8, 4) is 16.9 Å². The first kappa shape index (κ1) is 15.9. The van der Waals surface area contributed by atoms with Crippen LogP contribution in [0.1, 0.15) is 31.7 Å². The van der Waals surface area contributed by atoms with Crippen LogP contribution in [-0.4, -0.2) is 17.6 Å². The van der Waals surface area contributed by atoms with Gasteiger partial charge in [0, 0.05) is 5.56 Å². The van der Waals surface area contributed by atoms with E-state index in [1.165, 1.54) is 12.8 Å². The third kappa shape index (κ3) is 4.25. The lowest BCUT2D eigenvalue weighted by Crippen LogP contribution is -2.12. The number of ether oxygens (including phenoxy) is 1. The highest BCUT2D eigenvalue weighted by atomic mass is 16.5. The van der Waals surface area contributed by atoms with Gasteiger partial charge in [-0.25, -0.2) is 0 Å². The normalized spacial score (nSPS) is 11.4. The van der Waals surface area contributed by atoms with Gasteiger partial charge in [-0.1, -0.05) is 61.3 Å². The van der Waals surface area contributed by atoms with Crippen LogP contribution in [-0.2, 0) is 0 Å².